The zero-order valence-corrected chi connectivity index (χ0v) is 12.3. The Morgan fingerprint density at radius 1 is 1.37 bits per heavy atom. The smallest absolute Gasteiger partial charge is 0.322 e. The predicted octanol–water partition coefficient (Wildman–Crippen LogP) is 2.38. The van der Waals surface area contributed by atoms with E-state index in [9.17, 15) is 4.79 Å². The Morgan fingerprint density at radius 3 is 2.47 bits per heavy atom. The number of ether oxygens (including phenoxy) is 2. The number of nitrogens with two attached hydrogens (primary N) is 1. The molecule has 1 aromatic carbocycles. The zero-order chi connectivity index (χ0) is 14.6. The van der Waals surface area contributed by atoms with E-state index in [2.05, 4.69) is 20.8 Å². The van der Waals surface area contributed by atoms with Crippen LogP contribution in [0.5, 0.6) is 5.75 Å². The average molecular weight is 265 g/mol. The minimum atomic E-state index is -0.597. The van der Waals surface area contributed by atoms with E-state index in [4.69, 9.17) is 15.2 Å². The summed E-state index contributed by atoms with van der Waals surface area (Å²) in [4.78, 5) is 11.3. The molecule has 0 spiro atoms. The maximum Gasteiger partial charge on any atom is 0.322 e. The van der Waals surface area contributed by atoms with E-state index in [1.54, 1.807) is 14.0 Å². The molecule has 19 heavy (non-hydrogen) atoms. The van der Waals surface area contributed by atoms with Crippen LogP contribution in [-0.4, -0.2) is 19.1 Å². The van der Waals surface area contributed by atoms with Crippen molar-refractivity contribution in [2.45, 2.75) is 45.8 Å². The molecule has 2 N–H and O–H groups in total. The van der Waals surface area contributed by atoms with Crippen LogP contribution in [0.3, 0.4) is 0 Å². The van der Waals surface area contributed by atoms with E-state index in [0.717, 1.165) is 16.9 Å². The van der Waals surface area contributed by atoms with Gasteiger partial charge in [0.05, 0.1) is 7.11 Å². The molecule has 0 fully saturated rings. The lowest BCUT2D eigenvalue weighted by Crippen LogP contribution is -2.28. The van der Waals surface area contributed by atoms with E-state index in [1.165, 1.54) is 0 Å². The summed E-state index contributed by atoms with van der Waals surface area (Å²) in [6.45, 7) is 8.18. The van der Waals surface area contributed by atoms with Crippen LogP contribution in [0.15, 0.2) is 18.2 Å². The van der Waals surface area contributed by atoms with Crippen molar-refractivity contribution in [1.82, 2.24) is 0 Å². The van der Waals surface area contributed by atoms with Crippen LogP contribution in [0.25, 0.3) is 0 Å². The first-order valence-electron chi connectivity index (χ1n) is 6.35. The van der Waals surface area contributed by atoms with Crippen molar-refractivity contribution in [2.24, 2.45) is 5.73 Å². The monoisotopic (exact) mass is 265 g/mol. The van der Waals surface area contributed by atoms with Gasteiger partial charge in [0.15, 0.2) is 0 Å². The van der Waals surface area contributed by atoms with Gasteiger partial charge in [0.1, 0.15) is 18.4 Å². The zero-order valence-electron chi connectivity index (χ0n) is 12.3. The van der Waals surface area contributed by atoms with Gasteiger partial charge in [-0.25, -0.2) is 0 Å². The Hall–Kier alpha value is -1.55. The van der Waals surface area contributed by atoms with Gasteiger partial charge < -0.3 is 15.2 Å². The van der Waals surface area contributed by atoms with Crippen molar-refractivity contribution in [2.75, 3.05) is 7.11 Å². The van der Waals surface area contributed by atoms with Crippen molar-refractivity contribution >= 4 is 5.97 Å². The predicted molar refractivity (Wildman–Crippen MR) is 75.1 cm³/mol. The highest BCUT2D eigenvalue weighted by molar-refractivity contribution is 5.74. The lowest BCUT2D eigenvalue weighted by molar-refractivity contribution is -0.146. The second kappa shape index (κ2) is 6.06. The normalized spacial score (nSPS) is 12.9. The summed E-state index contributed by atoms with van der Waals surface area (Å²) in [5.41, 5.74) is 7.43. The van der Waals surface area contributed by atoms with Crippen LogP contribution < -0.4 is 10.5 Å². The largest absolute Gasteiger partial charge is 0.496 e. The van der Waals surface area contributed by atoms with Crippen LogP contribution in [0.2, 0.25) is 0 Å². The number of carbonyl (C=O) groups excluding carboxylic acids is 1. The van der Waals surface area contributed by atoms with E-state index in [1.807, 2.05) is 18.2 Å². The number of carbonyl (C=O) groups is 1. The number of hydrogen-bond donors (Lipinski definition) is 1. The number of benzene rings is 1. The number of esters is 1. The standard InChI is InChI=1S/C15H23NO3/c1-10(16)14(17)19-9-11-6-7-13(18-5)12(8-11)15(2,3)4/h6-8,10H,9,16H2,1-5H3. The highest BCUT2D eigenvalue weighted by atomic mass is 16.5. The van der Waals surface area contributed by atoms with E-state index in [0.29, 0.717) is 0 Å². The number of methoxy groups -OCH3 is 1. The lowest BCUT2D eigenvalue weighted by Gasteiger charge is -2.23. The summed E-state index contributed by atoms with van der Waals surface area (Å²) in [6, 6.07) is 5.20. The molecule has 1 atom stereocenters. The molecule has 106 valence electrons. The summed E-state index contributed by atoms with van der Waals surface area (Å²) >= 11 is 0. The van der Waals surface area contributed by atoms with Gasteiger partial charge in [0.25, 0.3) is 0 Å². The fraction of sp³-hybridized carbons (Fsp3) is 0.533. The SMILES string of the molecule is COc1ccc(COC(=O)C(C)N)cc1C(C)(C)C. The molecule has 0 radical (unpaired) electrons. The van der Waals surface area contributed by atoms with Crippen LogP contribution >= 0.6 is 0 Å². The van der Waals surface area contributed by atoms with Crippen LogP contribution in [0.4, 0.5) is 0 Å². The van der Waals surface area contributed by atoms with Crippen LogP contribution in [-0.2, 0) is 21.6 Å². The van der Waals surface area contributed by atoms with Crippen molar-refractivity contribution in [3.63, 3.8) is 0 Å². The van der Waals surface area contributed by atoms with Crippen molar-refractivity contribution < 1.29 is 14.3 Å². The van der Waals surface area contributed by atoms with Crippen molar-refractivity contribution in [3.05, 3.63) is 29.3 Å². The Kier molecular flexibility index (Phi) is 4.95. The first-order valence-corrected chi connectivity index (χ1v) is 6.35. The number of rotatable bonds is 4. The lowest BCUT2D eigenvalue weighted by atomic mass is 9.85. The Labute approximate surface area is 114 Å². The average Bonchev–Trinajstić information content (AvgIpc) is 2.34. The Balaban J connectivity index is 2.90. The van der Waals surface area contributed by atoms with E-state index >= 15 is 0 Å². The summed E-state index contributed by atoms with van der Waals surface area (Å²) < 4.78 is 10.5. The summed E-state index contributed by atoms with van der Waals surface area (Å²) in [6.07, 6.45) is 0. The second-order valence-electron chi connectivity index (χ2n) is 5.68. The van der Waals surface area contributed by atoms with Gasteiger partial charge in [-0.1, -0.05) is 26.8 Å². The molecule has 0 amide bonds. The highest BCUT2D eigenvalue weighted by Crippen LogP contribution is 2.32. The second-order valence-corrected chi connectivity index (χ2v) is 5.68. The molecule has 0 aromatic heterocycles. The first kappa shape index (κ1) is 15.5. The maximum absolute atomic E-state index is 11.3. The van der Waals surface area contributed by atoms with E-state index in [-0.39, 0.29) is 12.0 Å². The molecule has 0 aliphatic carbocycles. The molecule has 4 heteroatoms. The Morgan fingerprint density at radius 2 is 2.00 bits per heavy atom. The number of hydrogen-bond acceptors (Lipinski definition) is 4. The highest BCUT2D eigenvalue weighted by Gasteiger charge is 2.19. The molecule has 4 nitrogen and oxygen atoms in total. The molecule has 0 heterocycles. The molecule has 0 saturated heterocycles. The van der Waals surface area contributed by atoms with Crippen molar-refractivity contribution in [3.8, 4) is 5.75 Å². The molecular weight excluding hydrogens is 242 g/mol. The minimum Gasteiger partial charge on any atom is -0.496 e. The minimum absolute atomic E-state index is 0.0352. The fourth-order valence-corrected chi connectivity index (χ4v) is 1.72. The van der Waals surface area contributed by atoms with Gasteiger partial charge in [0, 0.05) is 0 Å². The van der Waals surface area contributed by atoms with Crippen molar-refractivity contribution in [1.29, 1.82) is 0 Å². The molecule has 1 aromatic rings. The molecule has 1 unspecified atom stereocenters. The van der Waals surface area contributed by atoms with Gasteiger partial charge in [-0.05, 0) is 35.6 Å². The molecule has 0 bridgehead atoms. The quantitative estimate of drug-likeness (QED) is 0.849. The summed E-state index contributed by atoms with van der Waals surface area (Å²) in [5.74, 6) is 0.447. The molecule has 0 aliphatic heterocycles. The third-order valence-electron chi connectivity index (χ3n) is 2.82. The van der Waals surface area contributed by atoms with E-state index < -0.39 is 12.0 Å². The van der Waals surface area contributed by atoms with Gasteiger partial charge in [-0.2, -0.15) is 0 Å². The molecular formula is C15H23NO3. The molecule has 0 saturated carbocycles. The summed E-state index contributed by atoms with van der Waals surface area (Å²) in [7, 11) is 1.65. The maximum atomic E-state index is 11.3. The topological polar surface area (TPSA) is 61.5 Å². The van der Waals surface area contributed by atoms with Crippen LogP contribution in [0.1, 0.15) is 38.8 Å². The molecule has 0 aliphatic rings. The fourth-order valence-electron chi connectivity index (χ4n) is 1.72. The van der Waals surface area contributed by atoms with Gasteiger partial charge in [0.2, 0.25) is 0 Å². The summed E-state index contributed by atoms with van der Waals surface area (Å²) in [5, 5.41) is 0. The van der Waals surface area contributed by atoms with Crippen LogP contribution in [0, 0.1) is 0 Å². The first-order chi connectivity index (χ1) is 8.75. The van der Waals surface area contributed by atoms with Gasteiger partial charge in [-0.3, -0.25) is 4.79 Å². The third kappa shape index (κ3) is 4.24. The molecule has 1 rings (SSSR count). The Bertz CT molecular complexity index is 447. The third-order valence-corrected chi connectivity index (χ3v) is 2.82. The van der Waals surface area contributed by atoms with Gasteiger partial charge >= 0.3 is 5.97 Å². The van der Waals surface area contributed by atoms with Gasteiger partial charge in [-0.15, -0.1) is 0 Å².